The lowest BCUT2D eigenvalue weighted by molar-refractivity contribution is -0.141. The van der Waals surface area contributed by atoms with Gasteiger partial charge in [-0.3, -0.25) is 4.79 Å². The van der Waals surface area contributed by atoms with E-state index in [1.807, 2.05) is 0 Å². The van der Waals surface area contributed by atoms with Gasteiger partial charge in [-0.2, -0.15) is 13.2 Å². The molecule has 1 aromatic heterocycles. The van der Waals surface area contributed by atoms with Gasteiger partial charge in [0.25, 0.3) is 0 Å². The Labute approximate surface area is 140 Å². The Hall–Kier alpha value is -2.09. The minimum absolute atomic E-state index is 0.0346. The Bertz CT molecular complexity index is 754. The second-order valence-corrected chi connectivity index (χ2v) is 6.87. The SMILES string of the molecule is Cc1nc(C(F)(F)F)c(COc2cccc(NC(=O)C3CC3)c2)s1. The summed E-state index contributed by atoms with van der Waals surface area (Å²) in [5, 5.41) is 3.11. The predicted molar refractivity (Wildman–Crippen MR) is 84.0 cm³/mol. The summed E-state index contributed by atoms with van der Waals surface area (Å²) in [6, 6.07) is 6.63. The third-order valence-corrected chi connectivity index (χ3v) is 4.44. The Morgan fingerprint density at radius 2 is 2.17 bits per heavy atom. The molecule has 1 aliphatic carbocycles. The zero-order valence-electron chi connectivity index (χ0n) is 12.8. The van der Waals surface area contributed by atoms with Crippen LogP contribution in [0.4, 0.5) is 18.9 Å². The highest BCUT2D eigenvalue weighted by Gasteiger charge is 2.37. The maximum Gasteiger partial charge on any atom is 0.434 e. The Kier molecular flexibility index (Phi) is 4.49. The smallest absolute Gasteiger partial charge is 0.434 e. The summed E-state index contributed by atoms with van der Waals surface area (Å²) in [7, 11) is 0. The van der Waals surface area contributed by atoms with Gasteiger partial charge in [-0.05, 0) is 31.9 Å². The van der Waals surface area contributed by atoms with Crippen molar-refractivity contribution >= 4 is 22.9 Å². The highest BCUT2D eigenvalue weighted by Crippen LogP contribution is 2.35. The lowest BCUT2D eigenvalue weighted by atomic mass is 10.3. The largest absolute Gasteiger partial charge is 0.488 e. The molecule has 1 N–H and O–H groups in total. The van der Waals surface area contributed by atoms with Gasteiger partial charge in [0, 0.05) is 17.7 Å². The van der Waals surface area contributed by atoms with Crippen LogP contribution in [0.5, 0.6) is 5.75 Å². The summed E-state index contributed by atoms with van der Waals surface area (Å²) in [5.41, 5.74) is -0.330. The van der Waals surface area contributed by atoms with Gasteiger partial charge in [0.05, 0.1) is 9.88 Å². The number of alkyl halides is 3. The van der Waals surface area contributed by atoms with E-state index in [4.69, 9.17) is 4.74 Å². The topological polar surface area (TPSA) is 51.2 Å². The van der Waals surface area contributed by atoms with Crippen LogP contribution < -0.4 is 10.1 Å². The summed E-state index contributed by atoms with van der Waals surface area (Å²) >= 11 is 0.962. The fourth-order valence-corrected chi connectivity index (χ4v) is 3.06. The molecule has 4 nitrogen and oxygen atoms in total. The average Bonchev–Trinajstić information content (AvgIpc) is 3.28. The van der Waals surface area contributed by atoms with Crippen molar-refractivity contribution in [2.24, 2.45) is 5.92 Å². The summed E-state index contributed by atoms with van der Waals surface area (Å²) in [5.74, 6) is 0.427. The number of aryl methyl sites for hydroxylation is 1. The molecule has 24 heavy (non-hydrogen) atoms. The first-order valence-electron chi connectivity index (χ1n) is 7.40. The normalized spacial score (nSPS) is 14.5. The van der Waals surface area contributed by atoms with Crippen molar-refractivity contribution < 1.29 is 22.7 Å². The molecule has 2 aromatic rings. The first-order chi connectivity index (χ1) is 11.3. The molecule has 0 saturated heterocycles. The third-order valence-electron chi connectivity index (χ3n) is 3.49. The molecule has 1 amide bonds. The molecule has 1 heterocycles. The number of benzene rings is 1. The second-order valence-electron chi connectivity index (χ2n) is 5.58. The number of thiazole rings is 1. The van der Waals surface area contributed by atoms with E-state index in [0.29, 0.717) is 16.4 Å². The predicted octanol–water partition coefficient (Wildman–Crippen LogP) is 4.40. The van der Waals surface area contributed by atoms with E-state index in [1.54, 1.807) is 24.3 Å². The van der Waals surface area contributed by atoms with Crippen molar-refractivity contribution in [1.29, 1.82) is 0 Å². The number of carbonyl (C=O) groups is 1. The number of ether oxygens (including phenoxy) is 1. The van der Waals surface area contributed by atoms with E-state index in [0.717, 1.165) is 24.2 Å². The van der Waals surface area contributed by atoms with Gasteiger partial charge in [-0.1, -0.05) is 6.07 Å². The number of nitrogens with zero attached hydrogens (tertiary/aromatic N) is 1. The number of aromatic nitrogens is 1. The van der Waals surface area contributed by atoms with Crippen molar-refractivity contribution in [3.05, 3.63) is 39.8 Å². The standard InChI is InChI=1S/C16H15F3N2O2S/c1-9-20-14(16(17,18)19)13(24-9)8-23-12-4-2-3-11(7-12)21-15(22)10-5-6-10/h2-4,7,10H,5-6,8H2,1H3,(H,21,22). The molecule has 3 rings (SSSR count). The van der Waals surface area contributed by atoms with Gasteiger partial charge in [0.15, 0.2) is 5.69 Å². The molecule has 1 aromatic carbocycles. The molecule has 128 valence electrons. The molecule has 0 bridgehead atoms. The summed E-state index contributed by atoms with van der Waals surface area (Å²) in [6.07, 6.45) is -2.70. The molecule has 0 aliphatic heterocycles. The average molecular weight is 356 g/mol. The molecule has 0 radical (unpaired) electrons. The van der Waals surface area contributed by atoms with Crippen LogP contribution in [0.3, 0.4) is 0 Å². The molecular formula is C16H15F3N2O2S. The van der Waals surface area contributed by atoms with E-state index < -0.39 is 11.9 Å². The van der Waals surface area contributed by atoms with Crippen LogP contribution in [0.2, 0.25) is 0 Å². The van der Waals surface area contributed by atoms with Crippen LogP contribution in [0.1, 0.15) is 28.4 Å². The van der Waals surface area contributed by atoms with Gasteiger partial charge in [0.2, 0.25) is 5.91 Å². The second kappa shape index (κ2) is 6.43. The molecule has 0 atom stereocenters. The fraction of sp³-hybridized carbons (Fsp3) is 0.375. The maximum atomic E-state index is 12.9. The first-order valence-corrected chi connectivity index (χ1v) is 8.22. The number of halogens is 3. The Balaban J connectivity index is 1.67. The van der Waals surface area contributed by atoms with Crippen LogP contribution in [-0.4, -0.2) is 10.9 Å². The number of carbonyl (C=O) groups excluding carboxylic acids is 1. The monoisotopic (exact) mass is 356 g/mol. The van der Waals surface area contributed by atoms with Crippen molar-refractivity contribution in [3.63, 3.8) is 0 Å². The van der Waals surface area contributed by atoms with Crippen LogP contribution in [-0.2, 0) is 17.6 Å². The zero-order valence-corrected chi connectivity index (χ0v) is 13.6. The third kappa shape index (κ3) is 4.05. The molecule has 1 saturated carbocycles. The lowest BCUT2D eigenvalue weighted by Gasteiger charge is -2.10. The van der Waals surface area contributed by atoms with Crippen LogP contribution in [0.25, 0.3) is 0 Å². The van der Waals surface area contributed by atoms with Gasteiger partial charge in [-0.25, -0.2) is 4.98 Å². The number of amides is 1. The summed E-state index contributed by atoms with van der Waals surface area (Å²) in [4.78, 5) is 15.3. The highest BCUT2D eigenvalue weighted by atomic mass is 32.1. The van der Waals surface area contributed by atoms with Gasteiger partial charge >= 0.3 is 6.18 Å². The number of nitrogens with one attached hydrogen (secondary N) is 1. The van der Waals surface area contributed by atoms with Gasteiger partial charge in [-0.15, -0.1) is 11.3 Å². The number of anilines is 1. The molecule has 0 spiro atoms. The highest BCUT2D eigenvalue weighted by molar-refractivity contribution is 7.11. The molecular weight excluding hydrogens is 341 g/mol. The van der Waals surface area contributed by atoms with E-state index in [9.17, 15) is 18.0 Å². The van der Waals surface area contributed by atoms with Gasteiger partial charge in [0.1, 0.15) is 12.4 Å². The van der Waals surface area contributed by atoms with Crippen LogP contribution >= 0.6 is 11.3 Å². The minimum atomic E-state index is -4.50. The number of hydrogen-bond donors (Lipinski definition) is 1. The fourth-order valence-electron chi connectivity index (χ4n) is 2.19. The van der Waals surface area contributed by atoms with Crippen molar-refractivity contribution in [3.8, 4) is 5.75 Å². The number of rotatable bonds is 5. The van der Waals surface area contributed by atoms with Crippen LogP contribution in [0.15, 0.2) is 24.3 Å². The maximum absolute atomic E-state index is 12.9. The van der Waals surface area contributed by atoms with Crippen molar-refractivity contribution in [1.82, 2.24) is 4.98 Å². The van der Waals surface area contributed by atoms with Gasteiger partial charge < -0.3 is 10.1 Å². The minimum Gasteiger partial charge on any atom is -0.488 e. The quantitative estimate of drug-likeness (QED) is 0.864. The van der Waals surface area contributed by atoms with E-state index in [-0.39, 0.29) is 23.3 Å². The van der Waals surface area contributed by atoms with Crippen molar-refractivity contribution in [2.45, 2.75) is 32.5 Å². The van der Waals surface area contributed by atoms with E-state index in [1.165, 1.54) is 6.92 Å². The number of hydrogen-bond acceptors (Lipinski definition) is 4. The van der Waals surface area contributed by atoms with E-state index in [2.05, 4.69) is 10.3 Å². The molecule has 0 unspecified atom stereocenters. The molecule has 1 aliphatic rings. The molecule has 1 fully saturated rings. The first kappa shape index (κ1) is 16.8. The molecule has 8 heteroatoms. The zero-order chi connectivity index (χ0) is 17.3. The van der Waals surface area contributed by atoms with Crippen molar-refractivity contribution in [2.75, 3.05) is 5.32 Å². The Morgan fingerprint density at radius 1 is 1.42 bits per heavy atom. The lowest BCUT2D eigenvalue weighted by Crippen LogP contribution is -2.13. The van der Waals surface area contributed by atoms with Crippen LogP contribution in [0, 0.1) is 12.8 Å². The summed E-state index contributed by atoms with van der Waals surface area (Å²) in [6.45, 7) is 1.30. The van der Waals surface area contributed by atoms with E-state index >= 15 is 0 Å². The summed E-state index contributed by atoms with van der Waals surface area (Å²) < 4.78 is 44.2. The Morgan fingerprint density at radius 3 is 2.83 bits per heavy atom.